The van der Waals surface area contributed by atoms with Crippen LogP contribution in [0.5, 0.6) is 0 Å². The molecule has 8 nitrogen and oxygen atoms in total. The van der Waals surface area contributed by atoms with Crippen LogP contribution in [0.4, 0.5) is 8.78 Å². The number of aliphatic hydroxyl groups is 2. The predicted octanol–water partition coefficient (Wildman–Crippen LogP) is 5.44. The van der Waals surface area contributed by atoms with Gasteiger partial charge >= 0.3 is 0 Å². The van der Waals surface area contributed by atoms with Crippen LogP contribution >= 0.6 is 23.2 Å². The van der Waals surface area contributed by atoms with Crippen molar-refractivity contribution in [1.82, 2.24) is 10.6 Å². The van der Waals surface area contributed by atoms with E-state index < -0.39 is 47.5 Å². The molecule has 0 bridgehead atoms. The molecule has 4 aromatic carbocycles. The standard InChI is InChI=1S/2C16H13ClFNO3/c2*1-9-3-2-4-11(7-9)15(21)19-16(22)14(20)10-5-6-12(17)13(18)8-10/h2*2-8,16,22H,1H3,(H,19,21). The van der Waals surface area contributed by atoms with Gasteiger partial charge in [0.25, 0.3) is 11.8 Å². The number of benzene rings is 4. The van der Waals surface area contributed by atoms with E-state index in [-0.39, 0.29) is 21.2 Å². The third kappa shape index (κ3) is 9.26. The normalized spacial score (nSPS) is 11.8. The second-order valence-corrected chi connectivity index (χ2v) is 10.3. The number of aryl methyl sites for hydroxylation is 2. The Morgan fingerprint density at radius 1 is 0.591 bits per heavy atom. The van der Waals surface area contributed by atoms with Crippen LogP contribution in [0.3, 0.4) is 0 Å². The number of rotatable bonds is 8. The zero-order valence-electron chi connectivity index (χ0n) is 23.3. The van der Waals surface area contributed by atoms with Crippen LogP contribution in [0.15, 0.2) is 84.9 Å². The number of aliphatic hydroxyl groups excluding tert-OH is 2. The van der Waals surface area contributed by atoms with E-state index in [1.165, 1.54) is 24.3 Å². The van der Waals surface area contributed by atoms with Gasteiger partial charge in [-0.3, -0.25) is 19.2 Å². The monoisotopic (exact) mass is 642 g/mol. The van der Waals surface area contributed by atoms with Crippen LogP contribution in [0.2, 0.25) is 10.0 Å². The second kappa shape index (κ2) is 15.3. The third-order valence-electron chi connectivity index (χ3n) is 6.00. The van der Waals surface area contributed by atoms with Crippen molar-refractivity contribution >= 4 is 46.6 Å². The Kier molecular flexibility index (Phi) is 11.8. The summed E-state index contributed by atoms with van der Waals surface area (Å²) < 4.78 is 26.6. The number of hydrogen-bond acceptors (Lipinski definition) is 6. The first-order valence-corrected chi connectivity index (χ1v) is 13.6. The Morgan fingerprint density at radius 3 is 1.27 bits per heavy atom. The molecule has 0 aliphatic heterocycles. The number of hydrogen-bond donors (Lipinski definition) is 4. The molecule has 12 heteroatoms. The van der Waals surface area contributed by atoms with Crippen LogP contribution in [0, 0.1) is 25.5 Å². The molecule has 4 rings (SSSR count). The molecular weight excluding hydrogens is 617 g/mol. The molecule has 0 fully saturated rings. The number of carbonyl (C=O) groups is 4. The number of carbonyl (C=O) groups excluding carboxylic acids is 4. The van der Waals surface area contributed by atoms with Gasteiger partial charge in [-0.15, -0.1) is 0 Å². The van der Waals surface area contributed by atoms with Crippen LogP contribution in [0.1, 0.15) is 52.6 Å². The van der Waals surface area contributed by atoms with Crippen LogP contribution in [-0.4, -0.2) is 46.0 Å². The molecule has 0 saturated heterocycles. The molecule has 228 valence electrons. The maximum Gasteiger partial charge on any atom is 0.253 e. The minimum absolute atomic E-state index is 0.0843. The average molecular weight is 643 g/mol. The maximum atomic E-state index is 13.3. The molecule has 2 amide bonds. The Morgan fingerprint density at radius 2 is 0.955 bits per heavy atom. The first-order chi connectivity index (χ1) is 20.8. The number of halogens is 4. The van der Waals surface area contributed by atoms with E-state index in [1.54, 1.807) is 36.4 Å². The molecule has 0 saturated carbocycles. The molecule has 0 heterocycles. The number of Topliss-reactive ketones (excluding diaryl/α,β-unsaturated/α-hetero) is 2. The summed E-state index contributed by atoms with van der Waals surface area (Å²) >= 11 is 11.1. The number of amides is 2. The lowest BCUT2D eigenvalue weighted by Crippen LogP contribution is -2.40. The quantitative estimate of drug-likeness (QED) is 0.149. The van der Waals surface area contributed by atoms with Gasteiger partial charge in [-0.25, -0.2) is 8.78 Å². The lowest BCUT2D eigenvalue weighted by molar-refractivity contribution is 0.0607. The average Bonchev–Trinajstić information content (AvgIpc) is 2.99. The van der Waals surface area contributed by atoms with Crippen molar-refractivity contribution in [2.75, 3.05) is 0 Å². The molecular formula is C32H26Cl2F2N2O6. The van der Waals surface area contributed by atoms with Gasteiger partial charge < -0.3 is 20.8 Å². The van der Waals surface area contributed by atoms with Gasteiger partial charge in [0.15, 0.2) is 12.5 Å². The lowest BCUT2D eigenvalue weighted by Gasteiger charge is -2.12. The van der Waals surface area contributed by atoms with Gasteiger partial charge in [-0.1, -0.05) is 58.6 Å². The molecule has 0 spiro atoms. The van der Waals surface area contributed by atoms with Gasteiger partial charge in [0.05, 0.1) is 10.0 Å². The zero-order chi connectivity index (χ0) is 32.6. The van der Waals surface area contributed by atoms with E-state index in [2.05, 4.69) is 10.6 Å². The van der Waals surface area contributed by atoms with Crippen molar-refractivity contribution in [1.29, 1.82) is 0 Å². The molecule has 0 aromatic heterocycles. The molecule has 0 radical (unpaired) electrons. The van der Waals surface area contributed by atoms with E-state index in [4.69, 9.17) is 23.2 Å². The second-order valence-electron chi connectivity index (χ2n) is 9.48. The van der Waals surface area contributed by atoms with Gasteiger partial charge in [0.2, 0.25) is 11.6 Å². The zero-order valence-corrected chi connectivity index (χ0v) is 24.8. The number of nitrogens with one attached hydrogen (secondary N) is 2. The molecule has 2 atom stereocenters. The Bertz CT molecular complexity index is 1590. The van der Waals surface area contributed by atoms with E-state index in [9.17, 15) is 38.2 Å². The van der Waals surface area contributed by atoms with E-state index in [0.29, 0.717) is 11.1 Å². The minimum Gasteiger partial charge on any atom is -0.367 e. The van der Waals surface area contributed by atoms with Gasteiger partial charge in [-0.2, -0.15) is 0 Å². The molecule has 0 aliphatic rings. The van der Waals surface area contributed by atoms with Crippen LogP contribution in [-0.2, 0) is 0 Å². The van der Waals surface area contributed by atoms with E-state index >= 15 is 0 Å². The molecule has 4 aromatic rings. The first kappa shape index (κ1) is 34.0. The summed E-state index contributed by atoms with van der Waals surface area (Å²) in [4.78, 5) is 47.8. The van der Waals surface area contributed by atoms with Crippen molar-refractivity contribution in [3.63, 3.8) is 0 Å². The Labute approximate surface area is 261 Å². The summed E-state index contributed by atoms with van der Waals surface area (Å²) in [5.41, 5.74) is 2.20. The summed E-state index contributed by atoms with van der Waals surface area (Å²) in [6.07, 6.45) is -3.54. The first-order valence-electron chi connectivity index (χ1n) is 12.9. The topological polar surface area (TPSA) is 133 Å². The van der Waals surface area contributed by atoms with Crippen molar-refractivity contribution < 1.29 is 38.2 Å². The highest BCUT2D eigenvalue weighted by molar-refractivity contribution is 6.31. The van der Waals surface area contributed by atoms with Crippen molar-refractivity contribution in [3.8, 4) is 0 Å². The highest BCUT2D eigenvalue weighted by Crippen LogP contribution is 2.18. The van der Waals surface area contributed by atoms with Gasteiger partial charge in [-0.05, 0) is 74.5 Å². The fourth-order valence-corrected chi connectivity index (χ4v) is 3.97. The predicted molar refractivity (Wildman–Crippen MR) is 161 cm³/mol. The van der Waals surface area contributed by atoms with E-state index in [0.717, 1.165) is 23.3 Å². The Hall–Kier alpha value is -4.48. The SMILES string of the molecule is Cc1cccc(C(=O)NC(O)C(=O)c2ccc(Cl)c(F)c2)c1.Cc1cccc(C(=O)NC(O)C(=O)c2ccc(Cl)c(F)c2)c1. The van der Waals surface area contributed by atoms with Crippen molar-refractivity contribution in [2.24, 2.45) is 0 Å². The summed E-state index contributed by atoms with van der Waals surface area (Å²) in [6, 6.07) is 20.1. The van der Waals surface area contributed by atoms with E-state index in [1.807, 2.05) is 26.0 Å². The fraction of sp³-hybridized carbons (Fsp3) is 0.125. The summed E-state index contributed by atoms with van der Waals surface area (Å²) in [5, 5.41) is 23.7. The molecule has 4 N–H and O–H groups in total. The Balaban J connectivity index is 0.000000240. The summed E-state index contributed by atoms with van der Waals surface area (Å²) in [7, 11) is 0. The molecule has 0 aliphatic carbocycles. The summed E-state index contributed by atoms with van der Waals surface area (Å²) in [5.74, 6) is -4.39. The van der Waals surface area contributed by atoms with Crippen molar-refractivity contribution in [3.05, 3.63) is 140 Å². The van der Waals surface area contributed by atoms with Crippen LogP contribution in [0.25, 0.3) is 0 Å². The summed E-state index contributed by atoms with van der Waals surface area (Å²) in [6.45, 7) is 3.63. The van der Waals surface area contributed by atoms with Gasteiger partial charge in [0, 0.05) is 22.3 Å². The lowest BCUT2D eigenvalue weighted by atomic mass is 10.1. The van der Waals surface area contributed by atoms with Crippen LogP contribution < -0.4 is 10.6 Å². The molecule has 2 unspecified atom stereocenters. The fourth-order valence-electron chi connectivity index (χ4n) is 3.73. The maximum absolute atomic E-state index is 13.3. The largest absolute Gasteiger partial charge is 0.367 e. The number of ketones is 2. The molecule has 44 heavy (non-hydrogen) atoms. The third-order valence-corrected chi connectivity index (χ3v) is 6.61. The minimum atomic E-state index is -1.77. The smallest absolute Gasteiger partial charge is 0.253 e. The van der Waals surface area contributed by atoms with Gasteiger partial charge in [0.1, 0.15) is 11.6 Å². The highest BCUT2D eigenvalue weighted by atomic mass is 35.5. The highest BCUT2D eigenvalue weighted by Gasteiger charge is 2.22. The van der Waals surface area contributed by atoms with Crippen molar-refractivity contribution in [2.45, 2.75) is 26.3 Å².